The molecule has 2 aliphatic heterocycles. The molecule has 6 heterocycles. The normalized spacial score (nSPS) is 16.9. The Hall–Kier alpha value is -5.28. The highest BCUT2D eigenvalue weighted by atomic mass is 19.1. The summed E-state index contributed by atoms with van der Waals surface area (Å²) in [6, 6.07) is 12.1. The second kappa shape index (κ2) is 17.8. The summed E-state index contributed by atoms with van der Waals surface area (Å²) in [6.07, 6.45) is 18.3. The van der Waals surface area contributed by atoms with Crippen LogP contribution in [-0.2, 0) is 35.3 Å². The van der Waals surface area contributed by atoms with Crippen LogP contribution in [-0.4, -0.2) is 80.2 Å². The third kappa shape index (κ3) is 10.4. The minimum Gasteiger partial charge on any atom is -0.313 e. The number of nitriles is 1. The van der Waals surface area contributed by atoms with E-state index in [0.717, 1.165) is 77.8 Å². The number of carbonyl (C=O) groups excluding carboxylic acids is 2. The Bertz CT molecular complexity index is 1940. The number of ketones is 2. The molecule has 0 atom stereocenters. The van der Waals surface area contributed by atoms with Crippen LogP contribution in [0.1, 0.15) is 97.0 Å². The lowest BCUT2D eigenvalue weighted by atomic mass is 10.0. The predicted molar refractivity (Wildman–Crippen MR) is 197 cm³/mol. The molecule has 8 rings (SSSR count). The summed E-state index contributed by atoms with van der Waals surface area (Å²) in [5.74, 6) is 1.57. The second-order valence-corrected chi connectivity index (χ2v) is 13.8. The molecular formula is C40H46FN9O2. The molecule has 3 N–H and O–H groups in total. The van der Waals surface area contributed by atoms with Gasteiger partial charge in [-0.25, -0.2) is 0 Å². The highest BCUT2D eigenvalue weighted by molar-refractivity contribution is 5.83. The van der Waals surface area contributed by atoms with Crippen molar-refractivity contribution in [3.8, 4) is 6.19 Å². The Morgan fingerprint density at radius 1 is 0.846 bits per heavy atom. The van der Waals surface area contributed by atoms with Crippen LogP contribution in [0.25, 0.3) is 11.1 Å². The number of aromatic nitrogens is 6. The van der Waals surface area contributed by atoms with Crippen LogP contribution in [0.2, 0.25) is 0 Å². The van der Waals surface area contributed by atoms with E-state index in [2.05, 4.69) is 54.0 Å². The van der Waals surface area contributed by atoms with Gasteiger partial charge in [-0.3, -0.25) is 34.1 Å². The Balaban J connectivity index is 0.000000169. The number of alkyl halides is 1. The number of nitrogens with zero attached hydrogens (tertiary/aromatic N) is 6. The molecule has 0 amide bonds. The maximum atomic E-state index is 12.3. The Morgan fingerprint density at radius 2 is 1.38 bits per heavy atom. The molecular weight excluding hydrogens is 657 g/mol. The molecule has 2 aliphatic carbocycles. The zero-order chi connectivity index (χ0) is 37.0. The third-order valence-corrected chi connectivity index (χ3v) is 9.59. The molecule has 0 bridgehead atoms. The highest BCUT2D eigenvalue weighted by Gasteiger charge is 2.27. The molecule has 4 aromatic rings. The molecule has 0 spiro atoms. The molecule has 0 aromatic carbocycles. The average Bonchev–Trinajstić information content (AvgIpc) is 4.12. The van der Waals surface area contributed by atoms with Crippen molar-refractivity contribution in [1.82, 2.24) is 40.6 Å². The maximum Gasteiger partial charge on any atom is 0.179 e. The van der Waals surface area contributed by atoms with Gasteiger partial charge in [-0.05, 0) is 91.6 Å². The molecule has 11 nitrogen and oxygen atoms in total. The van der Waals surface area contributed by atoms with Crippen LogP contribution < -0.4 is 5.32 Å². The molecule has 0 unspecified atom stereocenters. The quantitative estimate of drug-likeness (QED) is 0.160. The molecule has 4 aliphatic rings. The first kappa shape index (κ1) is 35.1. The van der Waals surface area contributed by atoms with Crippen LogP contribution in [0.4, 0.5) is 4.39 Å². The number of halogens is 1. The Kier molecular flexibility index (Phi) is 12.0. The van der Waals surface area contributed by atoms with Crippen LogP contribution in [0.15, 0.2) is 60.9 Å². The lowest BCUT2D eigenvalue weighted by molar-refractivity contribution is -0.118. The Labute approximate surface area is 305 Å². The molecule has 2 saturated carbocycles. The van der Waals surface area contributed by atoms with Crippen molar-refractivity contribution in [2.24, 2.45) is 0 Å². The van der Waals surface area contributed by atoms with Crippen molar-refractivity contribution in [1.29, 1.82) is 5.26 Å². The smallest absolute Gasteiger partial charge is 0.179 e. The highest BCUT2D eigenvalue weighted by Crippen LogP contribution is 2.39. The number of H-pyrrole nitrogens is 2. The van der Waals surface area contributed by atoms with Crippen molar-refractivity contribution >= 4 is 22.7 Å². The average molecular weight is 705 g/mol. The van der Waals surface area contributed by atoms with Gasteiger partial charge in [0.1, 0.15) is 11.6 Å². The fourth-order valence-electron chi connectivity index (χ4n) is 6.41. The van der Waals surface area contributed by atoms with E-state index in [0.29, 0.717) is 44.1 Å². The van der Waals surface area contributed by atoms with Crippen molar-refractivity contribution in [3.05, 3.63) is 106 Å². The zero-order valence-electron chi connectivity index (χ0n) is 30.4. The topological polar surface area (TPSA) is 156 Å². The molecule has 270 valence electrons. The maximum absolute atomic E-state index is 12.3. The van der Waals surface area contributed by atoms with Gasteiger partial charge in [-0.15, -0.1) is 0 Å². The van der Waals surface area contributed by atoms with Gasteiger partial charge in [0.05, 0.1) is 31.3 Å². The van der Waals surface area contributed by atoms with E-state index < -0.39 is 7.15 Å². The summed E-state index contributed by atoms with van der Waals surface area (Å²) in [5.41, 5.74) is 10.3. The molecule has 0 radical (unpaired) electrons. The minimum atomic E-state index is -1.00. The van der Waals surface area contributed by atoms with Gasteiger partial charge in [0.15, 0.2) is 6.19 Å². The third-order valence-electron chi connectivity index (χ3n) is 9.59. The lowest BCUT2D eigenvalue weighted by Gasteiger charge is -2.20. The van der Waals surface area contributed by atoms with E-state index in [1.54, 1.807) is 11.1 Å². The van der Waals surface area contributed by atoms with Crippen LogP contribution in [0.5, 0.6) is 0 Å². The van der Waals surface area contributed by atoms with Gasteiger partial charge in [0, 0.05) is 80.9 Å². The van der Waals surface area contributed by atoms with E-state index in [1.165, 1.54) is 36.8 Å². The van der Waals surface area contributed by atoms with E-state index in [-0.39, 0.29) is 11.6 Å². The minimum absolute atomic E-state index is 0.159. The molecule has 52 heavy (non-hydrogen) atoms. The number of carbonyl (C=O) groups is 2. The van der Waals surface area contributed by atoms with E-state index in [1.807, 2.05) is 42.6 Å². The molecule has 2 fully saturated rings. The van der Waals surface area contributed by atoms with E-state index >= 15 is 0 Å². The van der Waals surface area contributed by atoms with Gasteiger partial charge in [-0.1, -0.05) is 24.3 Å². The summed E-state index contributed by atoms with van der Waals surface area (Å²) >= 11 is 0. The predicted octanol–water partition coefficient (Wildman–Crippen LogP) is 5.61. The van der Waals surface area contributed by atoms with Crippen molar-refractivity contribution in [2.75, 3.05) is 33.3 Å². The van der Waals surface area contributed by atoms with Gasteiger partial charge in [-0.2, -0.15) is 15.5 Å². The number of hydrogen-bond acceptors (Lipinski definition) is 9. The number of hydrogen-bond donors (Lipinski definition) is 3. The van der Waals surface area contributed by atoms with Crippen LogP contribution in [0.3, 0.4) is 0 Å². The van der Waals surface area contributed by atoms with Crippen molar-refractivity contribution in [2.45, 2.75) is 76.0 Å². The van der Waals surface area contributed by atoms with Gasteiger partial charge in [0.2, 0.25) is 0 Å². The van der Waals surface area contributed by atoms with Gasteiger partial charge < -0.3 is 10.2 Å². The molecule has 0 saturated heterocycles. The standard InChI is InChI=1S/C20H21N5O.C19H22N4O.CH3F/c21-13-25-7-5-16(6-8-25)19-4-1-14(12-22-19)9-18(26)10-17-11-20(24-23-17)15-2-3-15;24-17(10-16-11-19(23-22-16)14-2-3-14)9-13-1-4-18(21-12-13)15-5-7-20-8-6-15;1-2/h1,4-5,11-12,15H,2-3,6-10H2,(H,23,24);1,4-5,11-12,14,20H,2-3,6-10H2,(H,22,23);1H3/i;;1D. The summed E-state index contributed by atoms with van der Waals surface area (Å²) in [6.45, 7) is 3.28. The number of aromatic amines is 2. The first-order chi connectivity index (χ1) is 25.9. The fourth-order valence-corrected chi connectivity index (χ4v) is 6.41. The molecule has 12 heteroatoms. The summed E-state index contributed by atoms with van der Waals surface area (Å²) in [7, 11) is -1.00. The first-order valence-electron chi connectivity index (χ1n) is 18.7. The number of Topliss-reactive ketones (excluding diaryl/α,β-unsaturated/α-hetero) is 2. The molecule has 4 aromatic heterocycles. The van der Waals surface area contributed by atoms with Crippen LogP contribution in [0, 0.1) is 11.5 Å². The summed E-state index contributed by atoms with van der Waals surface area (Å²) in [4.78, 5) is 35.3. The summed E-state index contributed by atoms with van der Waals surface area (Å²) < 4.78 is 15.5. The van der Waals surface area contributed by atoms with Gasteiger partial charge in [0.25, 0.3) is 0 Å². The van der Waals surface area contributed by atoms with Crippen molar-refractivity contribution in [3.63, 3.8) is 0 Å². The van der Waals surface area contributed by atoms with Crippen LogP contribution >= 0.6 is 0 Å². The number of pyridine rings is 2. The number of nitrogens with one attached hydrogen (secondary N) is 3. The monoisotopic (exact) mass is 704 g/mol. The zero-order valence-corrected chi connectivity index (χ0v) is 29.4. The fraction of sp³-hybridized carbons (Fsp3) is 0.425. The first-order valence-corrected chi connectivity index (χ1v) is 18.0. The summed E-state index contributed by atoms with van der Waals surface area (Å²) in [5, 5.41) is 26.8. The van der Waals surface area contributed by atoms with Gasteiger partial charge >= 0.3 is 0 Å². The van der Waals surface area contributed by atoms with E-state index in [4.69, 9.17) is 6.63 Å². The second-order valence-electron chi connectivity index (χ2n) is 13.8. The number of rotatable bonds is 12. The van der Waals surface area contributed by atoms with E-state index in [9.17, 15) is 14.0 Å². The SMILES string of the molecule is N#CN1CC=C(c2ccc(CC(=O)Cc3cc(C4CC4)n[nH]3)cn2)CC1.O=C(Cc1ccc(C2=CCNCC2)nc1)Cc1cc(C2CC2)n[nH]1.[2H]CF. The largest absolute Gasteiger partial charge is 0.313 e. The Morgan fingerprint density at radius 3 is 1.79 bits per heavy atom. The lowest BCUT2D eigenvalue weighted by Crippen LogP contribution is -2.23. The van der Waals surface area contributed by atoms with Crippen molar-refractivity contribution < 1.29 is 15.4 Å².